The number of hydrogen-bond donors (Lipinski definition) is 1. The predicted molar refractivity (Wildman–Crippen MR) is 62.1 cm³/mol. The molecule has 2 heterocycles. The van der Waals surface area contributed by atoms with Gasteiger partial charge in [0.25, 0.3) is 11.8 Å². The van der Waals surface area contributed by atoms with Gasteiger partial charge < -0.3 is 9.84 Å². The molecule has 0 aromatic carbocycles. The van der Waals surface area contributed by atoms with Crippen LogP contribution in [0.5, 0.6) is 0 Å². The van der Waals surface area contributed by atoms with Crippen LogP contribution in [-0.4, -0.2) is 53.2 Å². The minimum absolute atomic E-state index is 0.116. The first-order valence-electron chi connectivity index (χ1n) is 5.63. The van der Waals surface area contributed by atoms with Crippen molar-refractivity contribution < 1.29 is 19.4 Å². The Kier molecular flexibility index (Phi) is 3.69. The summed E-state index contributed by atoms with van der Waals surface area (Å²) >= 11 is 0. The Balaban J connectivity index is 2.31. The van der Waals surface area contributed by atoms with E-state index in [0.29, 0.717) is 12.0 Å². The third-order valence-corrected chi connectivity index (χ3v) is 2.86. The zero-order valence-electron chi connectivity index (χ0n) is 10.00. The Morgan fingerprint density at radius 1 is 1.44 bits per heavy atom. The molecular weight excluding hydrogens is 236 g/mol. The first kappa shape index (κ1) is 12.7. The number of imide groups is 1. The fraction of sp³-hybridized carbons (Fsp3) is 0.417. The second kappa shape index (κ2) is 5.24. The maximum absolute atomic E-state index is 12.1. The van der Waals surface area contributed by atoms with E-state index < -0.39 is 11.9 Å². The Morgan fingerprint density at radius 2 is 2.22 bits per heavy atom. The predicted octanol–water partition coefficient (Wildman–Crippen LogP) is 0.0750. The summed E-state index contributed by atoms with van der Waals surface area (Å²) in [6.07, 6.45) is 1.77. The van der Waals surface area contributed by atoms with E-state index in [1.165, 1.54) is 13.3 Å². The molecule has 0 fully saturated rings. The molecule has 0 spiro atoms. The SMILES string of the molecule is COCC(CCO)N1C(=O)c2cccnc2C1=O. The van der Waals surface area contributed by atoms with Gasteiger partial charge in [-0.05, 0) is 18.6 Å². The van der Waals surface area contributed by atoms with Crippen molar-refractivity contribution in [3.63, 3.8) is 0 Å². The van der Waals surface area contributed by atoms with Gasteiger partial charge in [0, 0.05) is 19.9 Å². The van der Waals surface area contributed by atoms with Crippen molar-refractivity contribution in [3.05, 3.63) is 29.6 Å². The van der Waals surface area contributed by atoms with Gasteiger partial charge in [0.2, 0.25) is 0 Å². The number of amides is 2. The highest BCUT2D eigenvalue weighted by Crippen LogP contribution is 2.23. The van der Waals surface area contributed by atoms with Gasteiger partial charge in [-0.15, -0.1) is 0 Å². The van der Waals surface area contributed by atoms with E-state index in [-0.39, 0.29) is 24.8 Å². The van der Waals surface area contributed by atoms with Crippen molar-refractivity contribution in [1.29, 1.82) is 0 Å². The highest BCUT2D eigenvalue weighted by molar-refractivity contribution is 6.20. The molecule has 0 saturated carbocycles. The van der Waals surface area contributed by atoms with E-state index in [9.17, 15) is 9.59 Å². The summed E-state index contributed by atoms with van der Waals surface area (Å²) < 4.78 is 4.99. The zero-order valence-corrected chi connectivity index (χ0v) is 10.00. The fourth-order valence-electron chi connectivity index (χ4n) is 2.04. The average Bonchev–Trinajstić information content (AvgIpc) is 2.63. The summed E-state index contributed by atoms with van der Waals surface area (Å²) in [5.74, 6) is -0.801. The van der Waals surface area contributed by atoms with Gasteiger partial charge in [-0.3, -0.25) is 19.5 Å². The minimum Gasteiger partial charge on any atom is -0.396 e. The first-order valence-corrected chi connectivity index (χ1v) is 5.63. The monoisotopic (exact) mass is 250 g/mol. The zero-order chi connectivity index (χ0) is 13.1. The summed E-state index contributed by atoms with van der Waals surface area (Å²) in [7, 11) is 1.49. The van der Waals surface area contributed by atoms with E-state index >= 15 is 0 Å². The Bertz CT molecular complexity index is 434. The van der Waals surface area contributed by atoms with Crippen molar-refractivity contribution in [2.24, 2.45) is 0 Å². The van der Waals surface area contributed by atoms with E-state index in [1.54, 1.807) is 12.1 Å². The maximum Gasteiger partial charge on any atom is 0.280 e. The van der Waals surface area contributed by atoms with Crippen molar-refractivity contribution in [1.82, 2.24) is 9.88 Å². The number of ether oxygens (including phenoxy) is 1. The number of fused-ring (bicyclic) bond motifs is 1. The highest BCUT2D eigenvalue weighted by Gasteiger charge is 2.40. The molecule has 1 atom stereocenters. The Labute approximate surface area is 104 Å². The van der Waals surface area contributed by atoms with Crippen molar-refractivity contribution in [2.45, 2.75) is 12.5 Å². The molecule has 6 nitrogen and oxygen atoms in total. The molecule has 2 rings (SSSR count). The van der Waals surface area contributed by atoms with Crippen LogP contribution in [0.4, 0.5) is 0 Å². The number of carbonyl (C=O) groups excluding carboxylic acids is 2. The molecule has 0 radical (unpaired) electrons. The molecule has 96 valence electrons. The van der Waals surface area contributed by atoms with Gasteiger partial charge >= 0.3 is 0 Å². The second-order valence-electron chi connectivity index (χ2n) is 4.00. The molecule has 0 bridgehead atoms. The van der Waals surface area contributed by atoms with Crippen molar-refractivity contribution >= 4 is 11.8 Å². The van der Waals surface area contributed by atoms with Crippen LogP contribution in [0.2, 0.25) is 0 Å². The number of hydrogen-bond acceptors (Lipinski definition) is 5. The van der Waals surface area contributed by atoms with Crippen LogP contribution in [0.15, 0.2) is 18.3 Å². The third kappa shape index (κ3) is 2.00. The van der Waals surface area contributed by atoms with Gasteiger partial charge in [-0.1, -0.05) is 0 Å². The van der Waals surface area contributed by atoms with Crippen LogP contribution in [0.3, 0.4) is 0 Å². The maximum atomic E-state index is 12.1. The Morgan fingerprint density at radius 3 is 2.83 bits per heavy atom. The number of nitrogens with zero attached hydrogens (tertiary/aromatic N) is 2. The van der Waals surface area contributed by atoms with E-state index in [4.69, 9.17) is 9.84 Å². The van der Waals surface area contributed by atoms with Gasteiger partial charge in [0.1, 0.15) is 5.69 Å². The topological polar surface area (TPSA) is 79.7 Å². The number of carbonyl (C=O) groups is 2. The van der Waals surface area contributed by atoms with Crippen LogP contribution < -0.4 is 0 Å². The number of pyridine rings is 1. The average molecular weight is 250 g/mol. The molecule has 1 aliphatic heterocycles. The van der Waals surface area contributed by atoms with Crippen molar-refractivity contribution in [3.8, 4) is 0 Å². The molecule has 1 aromatic heterocycles. The molecule has 6 heteroatoms. The first-order chi connectivity index (χ1) is 8.70. The van der Waals surface area contributed by atoms with Gasteiger partial charge in [0.05, 0.1) is 18.2 Å². The largest absolute Gasteiger partial charge is 0.396 e. The summed E-state index contributed by atoms with van der Waals surface area (Å²) in [5.41, 5.74) is 0.475. The van der Waals surface area contributed by atoms with Crippen LogP contribution in [-0.2, 0) is 4.74 Å². The van der Waals surface area contributed by atoms with E-state index in [1.807, 2.05) is 0 Å². The summed E-state index contributed by atoms with van der Waals surface area (Å²) in [4.78, 5) is 29.3. The highest BCUT2D eigenvalue weighted by atomic mass is 16.5. The number of aromatic nitrogens is 1. The smallest absolute Gasteiger partial charge is 0.280 e. The lowest BCUT2D eigenvalue weighted by Crippen LogP contribution is -2.43. The second-order valence-corrected chi connectivity index (χ2v) is 4.00. The lowest BCUT2D eigenvalue weighted by atomic mass is 10.2. The molecule has 1 unspecified atom stereocenters. The number of aliphatic hydroxyl groups excluding tert-OH is 1. The lowest BCUT2D eigenvalue weighted by molar-refractivity contribution is 0.0429. The van der Waals surface area contributed by atoms with Gasteiger partial charge in [-0.2, -0.15) is 0 Å². The molecule has 1 aliphatic rings. The number of methoxy groups -OCH3 is 1. The summed E-state index contributed by atoms with van der Waals surface area (Å²) in [6.45, 7) is 0.0842. The molecule has 0 aliphatic carbocycles. The third-order valence-electron chi connectivity index (χ3n) is 2.86. The molecule has 18 heavy (non-hydrogen) atoms. The minimum atomic E-state index is -0.464. The normalized spacial score (nSPS) is 16.0. The molecule has 2 amide bonds. The van der Waals surface area contributed by atoms with Crippen molar-refractivity contribution in [2.75, 3.05) is 20.3 Å². The fourth-order valence-corrected chi connectivity index (χ4v) is 2.04. The summed E-state index contributed by atoms with van der Waals surface area (Å²) in [6, 6.07) is 2.73. The van der Waals surface area contributed by atoms with Crippen LogP contribution >= 0.6 is 0 Å². The van der Waals surface area contributed by atoms with Gasteiger partial charge in [0.15, 0.2) is 0 Å². The molecule has 1 aromatic rings. The van der Waals surface area contributed by atoms with Crippen LogP contribution in [0, 0.1) is 0 Å². The number of rotatable bonds is 5. The molecule has 1 N–H and O–H groups in total. The van der Waals surface area contributed by atoms with E-state index in [0.717, 1.165) is 4.90 Å². The van der Waals surface area contributed by atoms with Crippen LogP contribution in [0.1, 0.15) is 27.3 Å². The molecule has 0 saturated heterocycles. The quantitative estimate of drug-likeness (QED) is 0.748. The Hall–Kier alpha value is -1.79. The van der Waals surface area contributed by atoms with Crippen LogP contribution in [0.25, 0.3) is 0 Å². The van der Waals surface area contributed by atoms with E-state index in [2.05, 4.69) is 4.98 Å². The standard InChI is InChI=1S/C12H14N2O4/c1-18-7-8(4-6-15)14-11(16)9-3-2-5-13-10(9)12(14)17/h2-3,5,8,15H,4,6-7H2,1H3. The molecular formula is C12H14N2O4. The number of aliphatic hydroxyl groups is 1. The lowest BCUT2D eigenvalue weighted by Gasteiger charge is -2.24. The summed E-state index contributed by atoms with van der Waals surface area (Å²) in [5, 5.41) is 8.99. The van der Waals surface area contributed by atoms with Gasteiger partial charge in [-0.25, -0.2) is 0 Å².